The molecule has 0 spiro atoms. The monoisotopic (exact) mass is 308 g/mol. The Balaban J connectivity index is 2.42. The average Bonchev–Trinajstić information content (AvgIpc) is 2.38. The summed E-state index contributed by atoms with van der Waals surface area (Å²) in [7, 11) is -1.95. The Labute approximate surface area is 118 Å². The fraction of sp³-hybridized carbons (Fsp3) is 0.818. The largest absolute Gasteiger partial charge is 0.479 e. The molecule has 1 aliphatic heterocycles. The first-order valence-corrected chi connectivity index (χ1v) is 8.09. The van der Waals surface area contributed by atoms with Gasteiger partial charge >= 0.3 is 5.97 Å². The van der Waals surface area contributed by atoms with Gasteiger partial charge in [-0.15, -0.1) is 0 Å². The number of hydrogen-bond acceptors (Lipinski definition) is 5. The van der Waals surface area contributed by atoms with Gasteiger partial charge in [-0.2, -0.15) is 0 Å². The molecule has 1 rings (SSSR count). The first-order chi connectivity index (χ1) is 9.25. The molecule has 9 heteroatoms. The molecule has 0 aromatic heterocycles. The molecule has 1 heterocycles. The normalized spacial score (nSPS) is 19.5. The third-order valence-corrected chi connectivity index (χ3v) is 4.62. The highest BCUT2D eigenvalue weighted by atomic mass is 32.2. The lowest BCUT2D eigenvalue weighted by Gasteiger charge is -2.29. The molecule has 0 aliphatic carbocycles. The number of ether oxygens (including phenoxy) is 1. The van der Waals surface area contributed by atoms with E-state index in [2.05, 4.69) is 5.32 Å². The van der Waals surface area contributed by atoms with Crippen molar-refractivity contribution in [1.82, 2.24) is 9.62 Å². The Morgan fingerprint density at radius 2 is 1.95 bits per heavy atom. The van der Waals surface area contributed by atoms with Gasteiger partial charge in [0.25, 0.3) is 0 Å². The minimum atomic E-state index is -3.21. The second-order valence-corrected chi connectivity index (χ2v) is 6.73. The third-order valence-electron chi connectivity index (χ3n) is 3.32. The van der Waals surface area contributed by atoms with E-state index < -0.39 is 22.1 Å². The van der Waals surface area contributed by atoms with Crippen LogP contribution in [0.1, 0.15) is 12.8 Å². The summed E-state index contributed by atoms with van der Waals surface area (Å²) >= 11 is 0. The number of nitrogens with one attached hydrogen (secondary N) is 1. The molecule has 1 saturated heterocycles. The fourth-order valence-electron chi connectivity index (χ4n) is 2.06. The number of carboxylic acids is 1. The standard InChI is InChI=1S/C11H20N2O6S/c1-19-9(11(15)16)7-12-10(14)8-3-5-13(6-4-8)20(2,17)18/h8-9H,3-7H2,1-2H3,(H,12,14)(H,15,16). The number of amides is 1. The number of methoxy groups -OCH3 is 1. The van der Waals surface area contributed by atoms with E-state index in [0.29, 0.717) is 25.9 Å². The van der Waals surface area contributed by atoms with Crippen LogP contribution in [0, 0.1) is 5.92 Å². The van der Waals surface area contributed by atoms with Crippen LogP contribution in [-0.4, -0.2) is 68.8 Å². The SMILES string of the molecule is COC(CNC(=O)C1CCN(S(C)(=O)=O)CC1)C(=O)O. The van der Waals surface area contributed by atoms with Gasteiger partial charge in [0, 0.05) is 26.1 Å². The zero-order chi connectivity index (χ0) is 15.3. The molecule has 1 unspecified atom stereocenters. The van der Waals surface area contributed by atoms with E-state index in [4.69, 9.17) is 9.84 Å². The maximum Gasteiger partial charge on any atom is 0.334 e. The smallest absolute Gasteiger partial charge is 0.334 e. The fourth-order valence-corrected chi connectivity index (χ4v) is 2.93. The van der Waals surface area contributed by atoms with Crippen molar-refractivity contribution >= 4 is 21.9 Å². The van der Waals surface area contributed by atoms with Crippen LogP contribution in [-0.2, 0) is 24.3 Å². The molecule has 1 aliphatic rings. The van der Waals surface area contributed by atoms with E-state index in [9.17, 15) is 18.0 Å². The van der Waals surface area contributed by atoms with Crippen molar-refractivity contribution in [2.24, 2.45) is 5.92 Å². The molecule has 0 saturated carbocycles. The van der Waals surface area contributed by atoms with Crippen molar-refractivity contribution in [3.05, 3.63) is 0 Å². The van der Waals surface area contributed by atoms with E-state index in [-0.39, 0.29) is 18.4 Å². The lowest BCUT2D eigenvalue weighted by Crippen LogP contribution is -2.45. The summed E-state index contributed by atoms with van der Waals surface area (Å²) in [5.41, 5.74) is 0. The number of carboxylic acid groups (broad SMARTS) is 1. The van der Waals surface area contributed by atoms with Crippen LogP contribution in [0.25, 0.3) is 0 Å². The number of aliphatic carboxylic acids is 1. The highest BCUT2D eigenvalue weighted by Crippen LogP contribution is 2.19. The van der Waals surface area contributed by atoms with Gasteiger partial charge in [0.2, 0.25) is 15.9 Å². The van der Waals surface area contributed by atoms with Crippen LogP contribution in [0.15, 0.2) is 0 Å². The number of piperidine rings is 1. The van der Waals surface area contributed by atoms with E-state index in [1.807, 2.05) is 0 Å². The minimum Gasteiger partial charge on any atom is -0.479 e. The highest BCUT2D eigenvalue weighted by Gasteiger charge is 2.29. The summed E-state index contributed by atoms with van der Waals surface area (Å²) in [6.45, 7) is 0.518. The molecule has 0 radical (unpaired) electrons. The van der Waals surface area contributed by atoms with E-state index in [1.165, 1.54) is 11.4 Å². The number of hydrogen-bond donors (Lipinski definition) is 2. The van der Waals surface area contributed by atoms with Gasteiger partial charge in [0.05, 0.1) is 12.8 Å². The van der Waals surface area contributed by atoms with Crippen molar-refractivity contribution in [2.75, 3.05) is 33.0 Å². The van der Waals surface area contributed by atoms with Gasteiger partial charge in [0.15, 0.2) is 6.10 Å². The van der Waals surface area contributed by atoms with Gasteiger partial charge in [-0.25, -0.2) is 17.5 Å². The summed E-state index contributed by atoms with van der Waals surface area (Å²) in [5.74, 6) is -1.69. The zero-order valence-electron chi connectivity index (χ0n) is 11.5. The highest BCUT2D eigenvalue weighted by molar-refractivity contribution is 7.88. The predicted octanol–water partition coefficient (Wildman–Crippen LogP) is -1.13. The Kier molecular flexibility index (Phi) is 5.90. The van der Waals surface area contributed by atoms with Crippen LogP contribution in [0.5, 0.6) is 0 Å². The molecule has 0 aromatic rings. The van der Waals surface area contributed by atoms with Crippen LogP contribution in [0.2, 0.25) is 0 Å². The zero-order valence-corrected chi connectivity index (χ0v) is 12.4. The summed E-state index contributed by atoms with van der Waals surface area (Å²) in [6.07, 6.45) is 0.937. The molecule has 0 bridgehead atoms. The molecule has 20 heavy (non-hydrogen) atoms. The predicted molar refractivity (Wildman–Crippen MR) is 70.6 cm³/mol. The summed E-state index contributed by atoms with van der Waals surface area (Å²) < 4.78 is 28.7. The number of sulfonamides is 1. The minimum absolute atomic E-state index is 0.100. The van der Waals surface area contributed by atoms with E-state index >= 15 is 0 Å². The Morgan fingerprint density at radius 3 is 2.35 bits per heavy atom. The summed E-state index contributed by atoms with van der Waals surface area (Å²) in [5, 5.41) is 11.3. The summed E-state index contributed by atoms with van der Waals surface area (Å²) in [6, 6.07) is 0. The quantitative estimate of drug-likeness (QED) is 0.642. The molecule has 1 atom stereocenters. The topological polar surface area (TPSA) is 113 Å². The number of carbonyl (C=O) groups excluding carboxylic acids is 1. The Hall–Kier alpha value is -1.19. The van der Waals surface area contributed by atoms with Crippen LogP contribution in [0.3, 0.4) is 0 Å². The third kappa shape index (κ3) is 4.73. The first kappa shape index (κ1) is 16.9. The van der Waals surface area contributed by atoms with Gasteiger partial charge in [-0.1, -0.05) is 0 Å². The van der Waals surface area contributed by atoms with Crippen LogP contribution in [0.4, 0.5) is 0 Å². The van der Waals surface area contributed by atoms with Crippen molar-refractivity contribution in [3.8, 4) is 0 Å². The average molecular weight is 308 g/mol. The molecule has 2 N–H and O–H groups in total. The van der Waals surface area contributed by atoms with Crippen LogP contribution >= 0.6 is 0 Å². The molecule has 116 valence electrons. The van der Waals surface area contributed by atoms with Crippen molar-refractivity contribution < 1.29 is 27.9 Å². The maximum absolute atomic E-state index is 11.9. The number of carbonyl (C=O) groups is 2. The van der Waals surface area contributed by atoms with Gasteiger partial charge in [-0.05, 0) is 12.8 Å². The Morgan fingerprint density at radius 1 is 1.40 bits per heavy atom. The first-order valence-electron chi connectivity index (χ1n) is 6.24. The maximum atomic E-state index is 11.9. The second-order valence-electron chi connectivity index (χ2n) is 4.74. The Bertz CT molecular complexity index is 456. The lowest BCUT2D eigenvalue weighted by atomic mass is 9.97. The van der Waals surface area contributed by atoms with Crippen molar-refractivity contribution in [2.45, 2.75) is 18.9 Å². The van der Waals surface area contributed by atoms with Gasteiger partial charge in [-0.3, -0.25) is 4.79 Å². The number of rotatable bonds is 6. The van der Waals surface area contributed by atoms with Gasteiger partial charge < -0.3 is 15.2 Å². The van der Waals surface area contributed by atoms with Crippen LogP contribution < -0.4 is 5.32 Å². The lowest BCUT2D eigenvalue weighted by molar-refractivity contribution is -0.148. The number of nitrogens with zero attached hydrogens (tertiary/aromatic N) is 1. The van der Waals surface area contributed by atoms with Crippen molar-refractivity contribution in [1.29, 1.82) is 0 Å². The van der Waals surface area contributed by atoms with Crippen molar-refractivity contribution in [3.63, 3.8) is 0 Å². The molecule has 0 aromatic carbocycles. The van der Waals surface area contributed by atoms with E-state index in [1.54, 1.807) is 0 Å². The molecule has 1 fully saturated rings. The summed E-state index contributed by atoms with van der Waals surface area (Å²) in [4.78, 5) is 22.6. The van der Waals surface area contributed by atoms with Gasteiger partial charge in [0.1, 0.15) is 0 Å². The molecule has 8 nitrogen and oxygen atoms in total. The molecule has 1 amide bonds. The van der Waals surface area contributed by atoms with E-state index in [0.717, 1.165) is 6.26 Å². The molecular weight excluding hydrogens is 288 g/mol. The second kappa shape index (κ2) is 7.00. The molecular formula is C11H20N2O6S.